The van der Waals surface area contributed by atoms with Gasteiger partial charge in [0.25, 0.3) is 5.71 Å². The number of pyridine rings is 1. The maximum Gasteiger partial charge on any atom is 0.417 e. The van der Waals surface area contributed by atoms with Crippen LogP contribution < -0.4 is 0 Å². The van der Waals surface area contributed by atoms with E-state index in [0.717, 1.165) is 12.5 Å². The SMILES string of the molecule is CCCC(=O)N1CCC(c2noc3nc(CC)cc(C(F)(F)F)c23)CC1. The average Bonchev–Trinajstić information content (AvgIpc) is 3.04. The van der Waals surface area contributed by atoms with Gasteiger partial charge in [-0.15, -0.1) is 0 Å². The zero-order valence-electron chi connectivity index (χ0n) is 14.9. The van der Waals surface area contributed by atoms with Gasteiger partial charge in [-0.2, -0.15) is 13.2 Å². The number of rotatable bonds is 4. The molecular formula is C18H22F3N3O2. The van der Waals surface area contributed by atoms with Crippen LogP contribution in [0.5, 0.6) is 0 Å². The number of nitrogens with zero attached hydrogens (tertiary/aromatic N) is 3. The van der Waals surface area contributed by atoms with Crippen LogP contribution >= 0.6 is 0 Å². The number of hydrogen-bond donors (Lipinski definition) is 0. The lowest BCUT2D eigenvalue weighted by Crippen LogP contribution is -2.37. The van der Waals surface area contributed by atoms with E-state index in [1.54, 1.807) is 11.8 Å². The summed E-state index contributed by atoms with van der Waals surface area (Å²) in [7, 11) is 0. The summed E-state index contributed by atoms with van der Waals surface area (Å²) in [4.78, 5) is 17.9. The van der Waals surface area contributed by atoms with Crippen LogP contribution in [-0.2, 0) is 17.4 Å². The second-order valence-electron chi connectivity index (χ2n) is 6.67. The van der Waals surface area contributed by atoms with E-state index in [2.05, 4.69) is 10.1 Å². The molecule has 3 heterocycles. The fraction of sp³-hybridized carbons (Fsp3) is 0.611. The summed E-state index contributed by atoms with van der Waals surface area (Å²) in [6, 6.07) is 1.09. The Balaban J connectivity index is 1.91. The minimum absolute atomic E-state index is 0.0342. The second kappa shape index (κ2) is 7.25. The standard InChI is InChI=1S/C18H22F3N3O2/c1-3-5-14(25)24-8-6-11(7-9-24)16-15-13(18(19,20)21)10-12(4-2)22-17(15)26-23-16/h10-11H,3-9H2,1-2H3. The first-order chi connectivity index (χ1) is 12.3. The number of carbonyl (C=O) groups excluding carboxylic acids is 1. The first kappa shape index (κ1) is 18.7. The molecule has 0 unspecified atom stereocenters. The van der Waals surface area contributed by atoms with Crippen molar-refractivity contribution in [2.75, 3.05) is 13.1 Å². The maximum atomic E-state index is 13.6. The van der Waals surface area contributed by atoms with E-state index in [1.807, 2.05) is 6.92 Å². The predicted molar refractivity (Wildman–Crippen MR) is 89.6 cm³/mol. The summed E-state index contributed by atoms with van der Waals surface area (Å²) in [5.74, 6) is -0.0708. The van der Waals surface area contributed by atoms with Crippen LogP contribution in [0.1, 0.15) is 62.4 Å². The highest BCUT2D eigenvalue weighted by Gasteiger charge is 2.38. The van der Waals surface area contributed by atoms with Gasteiger partial charge in [-0.3, -0.25) is 4.79 Å². The van der Waals surface area contributed by atoms with Crippen molar-refractivity contribution >= 4 is 17.0 Å². The molecule has 0 bridgehead atoms. The number of hydrogen-bond acceptors (Lipinski definition) is 4. The smallest absolute Gasteiger partial charge is 0.343 e. The lowest BCUT2D eigenvalue weighted by Gasteiger charge is -2.31. The molecule has 2 aromatic rings. The summed E-state index contributed by atoms with van der Waals surface area (Å²) in [6.07, 6.45) is -1.68. The first-order valence-corrected chi connectivity index (χ1v) is 8.99. The molecule has 0 atom stereocenters. The number of halogens is 3. The van der Waals surface area contributed by atoms with Gasteiger partial charge >= 0.3 is 6.18 Å². The number of aromatic nitrogens is 2. The van der Waals surface area contributed by atoms with Crippen LogP contribution in [0.4, 0.5) is 13.2 Å². The molecule has 0 N–H and O–H groups in total. The van der Waals surface area contributed by atoms with Gasteiger partial charge in [0.1, 0.15) is 0 Å². The Morgan fingerprint density at radius 1 is 1.31 bits per heavy atom. The van der Waals surface area contributed by atoms with E-state index < -0.39 is 11.7 Å². The fourth-order valence-corrected chi connectivity index (χ4v) is 3.48. The predicted octanol–water partition coefficient (Wildman–Crippen LogP) is 4.31. The van der Waals surface area contributed by atoms with E-state index in [0.29, 0.717) is 50.2 Å². The highest BCUT2D eigenvalue weighted by atomic mass is 19.4. The van der Waals surface area contributed by atoms with Gasteiger partial charge in [-0.1, -0.05) is 19.0 Å². The van der Waals surface area contributed by atoms with Gasteiger partial charge < -0.3 is 9.42 Å². The van der Waals surface area contributed by atoms with E-state index in [4.69, 9.17) is 4.52 Å². The summed E-state index contributed by atoms with van der Waals surface area (Å²) < 4.78 is 45.8. The van der Waals surface area contributed by atoms with E-state index in [9.17, 15) is 18.0 Å². The van der Waals surface area contributed by atoms with Crippen molar-refractivity contribution < 1.29 is 22.5 Å². The number of fused-ring (bicyclic) bond motifs is 1. The van der Waals surface area contributed by atoms with Crippen molar-refractivity contribution in [1.29, 1.82) is 0 Å². The van der Waals surface area contributed by atoms with Crippen molar-refractivity contribution in [3.05, 3.63) is 23.0 Å². The Labute approximate surface area is 149 Å². The molecule has 142 valence electrons. The van der Waals surface area contributed by atoms with Crippen LogP contribution in [0.25, 0.3) is 11.1 Å². The number of alkyl halides is 3. The molecule has 0 spiro atoms. The number of carbonyl (C=O) groups is 1. The number of amides is 1. The molecule has 0 aromatic carbocycles. The highest BCUT2D eigenvalue weighted by molar-refractivity contribution is 5.82. The van der Waals surface area contributed by atoms with Crippen molar-refractivity contribution in [2.24, 2.45) is 0 Å². The zero-order chi connectivity index (χ0) is 18.9. The summed E-state index contributed by atoms with van der Waals surface area (Å²) in [5, 5.41) is 3.90. The Hall–Kier alpha value is -2.12. The molecule has 0 saturated carbocycles. The highest BCUT2D eigenvalue weighted by Crippen LogP contribution is 2.40. The first-order valence-electron chi connectivity index (χ1n) is 8.99. The van der Waals surface area contributed by atoms with Crippen molar-refractivity contribution in [2.45, 2.75) is 58.0 Å². The molecule has 8 heteroatoms. The Bertz CT molecular complexity index is 793. The molecular weight excluding hydrogens is 347 g/mol. The van der Waals surface area contributed by atoms with Gasteiger partial charge in [0.05, 0.1) is 16.6 Å². The molecule has 1 fully saturated rings. The van der Waals surface area contributed by atoms with Gasteiger partial charge in [0, 0.05) is 31.1 Å². The monoisotopic (exact) mass is 369 g/mol. The minimum Gasteiger partial charge on any atom is -0.343 e. The fourth-order valence-electron chi connectivity index (χ4n) is 3.48. The van der Waals surface area contributed by atoms with Gasteiger partial charge in [-0.05, 0) is 31.7 Å². The molecule has 0 aliphatic carbocycles. The lowest BCUT2D eigenvalue weighted by molar-refractivity contribution is -0.136. The lowest BCUT2D eigenvalue weighted by atomic mass is 9.90. The van der Waals surface area contributed by atoms with Crippen LogP contribution in [0.3, 0.4) is 0 Å². The molecule has 3 rings (SSSR count). The Kier molecular flexibility index (Phi) is 5.20. The normalized spacial score (nSPS) is 16.4. The molecule has 1 aliphatic rings. The molecule has 1 aliphatic heterocycles. The molecule has 2 aromatic heterocycles. The Morgan fingerprint density at radius 3 is 2.58 bits per heavy atom. The number of likely N-dealkylation sites (tertiary alicyclic amines) is 1. The number of piperidine rings is 1. The van der Waals surface area contributed by atoms with Gasteiger partial charge in [0.15, 0.2) is 0 Å². The second-order valence-corrected chi connectivity index (χ2v) is 6.67. The van der Waals surface area contributed by atoms with Crippen molar-refractivity contribution in [1.82, 2.24) is 15.0 Å². The van der Waals surface area contributed by atoms with Crippen LogP contribution in [0, 0.1) is 0 Å². The zero-order valence-corrected chi connectivity index (χ0v) is 14.9. The minimum atomic E-state index is -4.50. The average molecular weight is 369 g/mol. The van der Waals surface area contributed by atoms with Crippen LogP contribution in [-0.4, -0.2) is 34.0 Å². The van der Waals surface area contributed by atoms with Crippen LogP contribution in [0.15, 0.2) is 10.6 Å². The van der Waals surface area contributed by atoms with Gasteiger partial charge in [-0.25, -0.2) is 4.98 Å². The van der Waals surface area contributed by atoms with Crippen molar-refractivity contribution in [3.63, 3.8) is 0 Å². The third kappa shape index (κ3) is 3.54. The molecule has 1 amide bonds. The largest absolute Gasteiger partial charge is 0.417 e. The van der Waals surface area contributed by atoms with E-state index >= 15 is 0 Å². The van der Waals surface area contributed by atoms with Gasteiger partial charge in [0.2, 0.25) is 5.91 Å². The third-order valence-electron chi connectivity index (χ3n) is 4.89. The number of aryl methyl sites for hydroxylation is 1. The Morgan fingerprint density at radius 2 is 2.00 bits per heavy atom. The van der Waals surface area contributed by atoms with E-state index in [-0.39, 0.29) is 22.9 Å². The molecule has 0 radical (unpaired) electrons. The summed E-state index contributed by atoms with van der Waals surface area (Å²) in [5.41, 5.74) is -0.158. The van der Waals surface area contributed by atoms with E-state index in [1.165, 1.54) is 0 Å². The summed E-state index contributed by atoms with van der Waals surface area (Å²) >= 11 is 0. The molecule has 26 heavy (non-hydrogen) atoms. The molecule has 1 saturated heterocycles. The maximum absolute atomic E-state index is 13.6. The molecule has 5 nitrogen and oxygen atoms in total. The van der Waals surface area contributed by atoms with Crippen molar-refractivity contribution in [3.8, 4) is 0 Å². The topological polar surface area (TPSA) is 59.2 Å². The quantitative estimate of drug-likeness (QED) is 0.806. The third-order valence-corrected chi connectivity index (χ3v) is 4.89. The van der Waals surface area contributed by atoms with Crippen LogP contribution in [0.2, 0.25) is 0 Å². The summed E-state index contributed by atoms with van der Waals surface area (Å²) in [6.45, 7) is 4.75.